The van der Waals surface area contributed by atoms with Crippen molar-refractivity contribution in [2.45, 2.75) is 145 Å². The molecule has 0 amide bonds. The lowest BCUT2D eigenvalue weighted by Gasteiger charge is -2.18. The van der Waals surface area contributed by atoms with Gasteiger partial charge in [-0.1, -0.05) is 80.6 Å². The molecule has 0 N–H and O–H groups in total. The molecule has 0 radical (unpaired) electrons. The standard InChI is InChI=1S/C38H56N2/c1-8-15-18-21-35-28(11-4)23-33(24-29(35)12-5)37-27-32(20-17-10-3)38(40(37)39)34-25-30(13-6)36(22-19-16-9-2)31(14-7)26-34/h23-27H,8-22H2,1-7H3. The minimum Gasteiger partial charge on any atom is -0.493 e. The van der Waals surface area contributed by atoms with Crippen LogP contribution in [0.1, 0.15) is 151 Å². The molecule has 1 aliphatic heterocycles. The van der Waals surface area contributed by atoms with Gasteiger partial charge in [-0.25, -0.2) is 4.70 Å². The zero-order valence-corrected chi connectivity index (χ0v) is 26.9. The third-order valence-corrected chi connectivity index (χ3v) is 8.88. The molecule has 2 nitrogen and oxygen atoms in total. The van der Waals surface area contributed by atoms with E-state index < -0.39 is 0 Å². The Morgan fingerprint density at radius 3 is 1.35 bits per heavy atom. The molecule has 2 heteroatoms. The summed E-state index contributed by atoms with van der Waals surface area (Å²) in [5, 5.41) is 0. The number of benzene rings is 2. The van der Waals surface area contributed by atoms with Crippen LogP contribution in [0.15, 0.2) is 35.9 Å². The summed E-state index contributed by atoms with van der Waals surface area (Å²) >= 11 is 0. The number of nitrogens with zero attached hydrogens (tertiary/aromatic N) is 2. The van der Waals surface area contributed by atoms with Crippen molar-refractivity contribution < 1.29 is 4.70 Å². The summed E-state index contributed by atoms with van der Waals surface area (Å²) in [6.45, 7) is 15.9. The number of aryl methyl sites for hydroxylation is 4. The Hall–Kier alpha value is -2.48. The summed E-state index contributed by atoms with van der Waals surface area (Å²) in [7, 11) is 0. The van der Waals surface area contributed by atoms with Crippen molar-refractivity contribution in [1.29, 1.82) is 0 Å². The van der Waals surface area contributed by atoms with E-state index in [0.29, 0.717) is 0 Å². The van der Waals surface area contributed by atoms with Crippen molar-refractivity contribution in [2.24, 2.45) is 0 Å². The fraction of sp³-hybridized carbons (Fsp3) is 0.579. The predicted octanol–water partition coefficient (Wildman–Crippen LogP) is 11.4. The lowest BCUT2D eigenvalue weighted by Crippen LogP contribution is -2.08. The van der Waals surface area contributed by atoms with Crippen LogP contribution < -0.4 is 0 Å². The summed E-state index contributed by atoms with van der Waals surface area (Å²) in [4.78, 5) is 0. The SMILES string of the molecule is CCCCCc1c(CC)cc(C2=CC(CCCC)=C(c3cc(CC)c(CCCCC)c(CC)c3)[N+]2=[N-])cc1CC. The zero-order chi connectivity index (χ0) is 29.1. The second kappa shape index (κ2) is 16.1. The van der Waals surface area contributed by atoms with E-state index in [1.165, 1.54) is 83.0 Å². The smallest absolute Gasteiger partial charge is 0.210 e. The molecule has 2 aromatic carbocycles. The molecule has 0 saturated carbocycles. The van der Waals surface area contributed by atoms with E-state index in [-0.39, 0.29) is 0 Å². The number of allylic oxidation sites excluding steroid dienone is 2. The molecule has 0 fully saturated rings. The largest absolute Gasteiger partial charge is 0.493 e. The van der Waals surface area contributed by atoms with Gasteiger partial charge in [0, 0.05) is 22.8 Å². The quantitative estimate of drug-likeness (QED) is 0.141. The highest BCUT2D eigenvalue weighted by atomic mass is 15.2. The minimum absolute atomic E-state index is 0.939. The minimum atomic E-state index is 0.939. The van der Waals surface area contributed by atoms with Crippen LogP contribution >= 0.6 is 0 Å². The van der Waals surface area contributed by atoms with Gasteiger partial charge < -0.3 is 5.53 Å². The third kappa shape index (κ3) is 7.42. The molecule has 0 aliphatic carbocycles. The Bertz CT molecular complexity index is 1160. The Kier molecular flexibility index (Phi) is 12.9. The molecule has 0 aromatic heterocycles. The first-order chi connectivity index (χ1) is 19.5. The van der Waals surface area contributed by atoms with Crippen LogP contribution in [0, 0.1) is 0 Å². The van der Waals surface area contributed by atoms with Gasteiger partial charge in [-0.3, -0.25) is 0 Å². The Morgan fingerprint density at radius 1 is 0.525 bits per heavy atom. The van der Waals surface area contributed by atoms with Crippen LogP contribution in [0.5, 0.6) is 0 Å². The fourth-order valence-electron chi connectivity index (χ4n) is 6.51. The summed E-state index contributed by atoms with van der Waals surface area (Å²) < 4.78 is 1.53. The molecular weight excluding hydrogens is 484 g/mol. The molecule has 40 heavy (non-hydrogen) atoms. The summed E-state index contributed by atoms with van der Waals surface area (Å²) in [6, 6.07) is 9.49. The highest BCUT2D eigenvalue weighted by Crippen LogP contribution is 2.40. The first-order valence-electron chi connectivity index (χ1n) is 16.7. The van der Waals surface area contributed by atoms with Crippen molar-refractivity contribution in [3.8, 4) is 0 Å². The highest BCUT2D eigenvalue weighted by molar-refractivity contribution is 5.79. The molecule has 0 bridgehead atoms. The van der Waals surface area contributed by atoms with Crippen molar-refractivity contribution in [3.05, 3.63) is 86.0 Å². The van der Waals surface area contributed by atoms with Gasteiger partial charge in [0.1, 0.15) is 0 Å². The molecule has 1 aliphatic rings. The normalized spacial score (nSPS) is 13.5. The van der Waals surface area contributed by atoms with Crippen molar-refractivity contribution >= 4 is 11.4 Å². The first kappa shape index (κ1) is 32.0. The van der Waals surface area contributed by atoms with Gasteiger partial charge in [-0.05, 0) is 122 Å². The summed E-state index contributed by atoms with van der Waals surface area (Å²) in [5.41, 5.74) is 26.3. The number of rotatable bonds is 17. The molecular formula is C38H56N2. The van der Waals surface area contributed by atoms with Crippen molar-refractivity contribution in [3.63, 3.8) is 0 Å². The maximum atomic E-state index is 11.9. The monoisotopic (exact) mass is 540 g/mol. The summed E-state index contributed by atoms with van der Waals surface area (Å²) in [6.07, 6.45) is 19.6. The number of unbranched alkanes of at least 4 members (excludes halogenated alkanes) is 5. The number of hydrogen-bond donors (Lipinski definition) is 0. The van der Waals surface area contributed by atoms with E-state index in [9.17, 15) is 5.53 Å². The summed E-state index contributed by atoms with van der Waals surface area (Å²) in [5.74, 6) is 0. The van der Waals surface area contributed by atoms with Crippen LogP contribution in [-0.2, 0) is 38.5 Å². The fourth-order valence-corrected chi connectivity index (χ4v) is 6.51. The first-order valence-corrected chi connectivity index (χ1v) is 16.7. The second-order valence-electron chi connectivity index (χ2n) is 11.7. The lowest BCUT2D eigenvalue weighted by atomic mass is 9.89. The van der Waals surface area contributed by atoms with E-state index in [2.05, 4.69) is 78.8 Å². The van der Waals surface area contributed by atoms with Gasteiger partial charge in [0.2, 0.25) is 11.4 Å². The van der Waals surface area contributed by atoms with Crippen LogP contribution in [-0.4, -0.2) is 4.70 Å². The molecule has 2 aromatic rings. The topological polar surface area (TPSA) is 25.3 Å². The maximum Gasteiger partial charge on any atom is 0.210 e. The van der Waals surface area contributed by atoms with Gasteiger partial charge in [0.25, 0.3) is 0 Å². The van der Waals surface area contributed by atoms with E-state index in [4.69, 9.17) is 0 Å². The average Bonchev–Trinajstić information content (AvgIpc) is 3.31. The third-order valence-electron chi connectivity index (χ3n) is 8.88. The molecule has 1 heterocycles. The zero-order valence-electron chi connectivity index (χ0n) is 26.9. The van der Waals surface area contributed by atoms with Gasteiger partial charge in [0.05, 0.1) is 0 Å². The van der Waals surface area contributed by atoms with Gasteiger partial charge in [-0.15, -0.1) is 0 Å². The van der Waals surface area contributed by atoms with Crippen LogP contribution in [0.2, 0.25) is 0 Å². The Morgan fingerprint density at radius 2 is 0.950 bits per heavy atom. The molecule has 0 spiro atoms. The second-order valence-corrected chi connectivity index (χ2v) is 11.7. The van der Waals surface area contributed by atoms with Gasteiger partial charge in [0.15, 0.2) is 0 Å². The van der Waals surface area contributed by atoms with Gasteiger partial charge >= 0.3 is 0 Å². The molecule has 218 valence electrons. The molecule has 0 saturated heterocycles. The van der Waals surface area contributed by atoms with Crippen molar-refractivity contribution in [2.75, 3.05) is 0 Å². The maximum absolute atomic E-state index is 11.9. The van der Waals surface area contributed by atoms with Crippen molar-refractivity contribution in [1.82, 2.24) is 0 Å². The highest BCUT2D eigenvalue weighted by Gasteiger charge is 2.30. The van der Waals surface area contributed by atoms with Crippen LogP contribution in [0.25, 0.3) is 16.9 Å². The molecule has 0 atom stereocenters. The predicted molar refractivity (Wildman–Crippen MR) is 175 cm³/mol. The number of hydrogen-bond acceptors (Lipinski definition) is 0. The molecule has 0 unspecified atom stereocenters. The van der Waals surface area contributed by atoms with Crippen LogP contribution in [0.3, 0.4) is 0 Å². The Labute approximate surface area is 246 Å². The van der Waals surface area contributed by atoms with Gasteiger partial charge in [-0.2, -0.15) is 0 Å². The van der Waals surface area contributed by atoms with E-state index in [0.717, 1.165) is 68.3 Å². The van der Waals surface area contributed by atoms with E-state index >= 15 is 0 Å². The van der Waals surface area contributed by atoms with E-state index in [1.54, 1.807) is 11.1 Å². The lowest BCUT2D eigenvalue weighted by molar-refractivity contribution is -0.344. The van der Waals surface area contributed by atoms with E-state index in [1.807, 2.05) is 0 Å². The Balaban J connectivity index is 2.07. The van der Waals surface area contributed by atoms with Crippen LogP contribution in [0.4, 0.5) is 0 Å². The average molecular weight is 541 g/mol. The molecule has 3 rings (SSSR count).